The van der Waals surface area contributed by atoms with E-state index in [1.54, 1.807) is 6.07 Å². The van der Waals surface area contributed by atoms with E-state index in [0.29, 0.717) is 13.2 Å². The second kappa shape index (κ2) is 6.57. The van der Waals surface area contributed by atoms with Crippen LogP contribution in [0.2, 0.25) is 0 Å². The maximum absolute atomic E-state index is 12.9. The van der Waals surface area contributed by atoms with E-state index in [1.165, 1.54) is 12.1 Å². The van der Waals surface area contributed by atoms with Gasteiger partial charge in [0.15, 0.2) is 0 Å². The number of nitrogens with one attached hydrogen (secondary N) is 1. The predicted molar refractivity (Wildman–Crippen MR) is 79.3 cm³/mol. The number of rotatable bonds is 5. The molecule has 0 fully saturated rings. The Kier molecular flexibility index (Phi) is 4.80. The number of anilines is 1. The summed E-state index contributed by atoms with van der Waals surface area (Å²) in [6.07, 6.45) is 0. The first-order chi connectivity index (χ1) is 9.15. The van der Waals surface area contributed by atoms with Crippen molar-refractivity contribution in [2.75, 3.05) is 18.5 Å². The molecular formula is C15H15BrFNO. The maximum atomic E-state index is 12.9. The molecule has 0 aromatic heterocycles. The SMILES string of the molecule is Cc1cc(F)ccc1OCCNc1ccc(Br)cc1. The largest absolute Gasteiger partial charge is 0.491 e. The van der Waals surface area contributed by atoms with Gasteiger partial charge in [-0.3, -0.25) is 0 Å². The molecule has 0 unspecified atom stereocenters. The van der Waals surface area contributed by atoms with Crippen LogP contribution in [0.4, 0.5) is 10.1 Å². The Hall–Kier alpha value is -1.55. The van der Waals surface area contributed by atoms with E-state index in [1.807, 2.05) is 31.2 Å². The Morgan fingerprint density at radius 2 is 1.89 bits per heavy atom. The highest BCUT2D eigenvalue weighted by molar-refractivity contribution is 9.10. The van der Waals surface area contributed by atoms with Gasteiger partial charge >= 0.3 is 0 Å². The topological polar surface area (TPSA) is 21.3 Å². The number of benzene rings is 2. The predicted octanol–water partition coefficient (Wildman–Crippen LogP) is 4.39. The minimum atomic E-state index is -0.238. The lowest BCUT2D eigenvalue weighted by Gasteiger charge is -2.10. The molecule has 4 heteroatoms. The first-order valence-corrected chi connectivity index (χ1v) is 6.83. The fraction of sp³-hybridized carbons (Fsp3) is 0.200. The van der Waals surface area contributed by atoms with Crippen LogP contribution >= 0.6 is 15.9 Å². The summed E-state index contributed by atoms with van der Waals surface area (Å²) >= 11 is 3.39. The van der Waals surface area contributed by atoms with E-state index < -0.39 is 0 Å². The van der Waals surface area contributed by atoms with Gasteiger partial charge in [0.1, 0.15) is 18.2 Å². The third-order valence-corrected chi connectivity index (χ3v) is 3.20. The fourth-order valence-electron chi connectivity index (χ4n) is 1.70. The minimum absolute atomic E-state index is 0.238. The van der Waals surface area contributed by atoms with Crippen LogP contribution in [0.5, 0.6) is 5.75 Å². The van der Waals surface area contributed by atoms with E-state index >= 15 is 0 Å². The van der Waals surface area contributed by atoms with Gasteiger partial charge in [-0.05, 0) is 55.0 Å². The van der Waals surface area contributed by atoms with Gasteiger partial charge in [-0.25, -0.2) is 4.39 Å². The summed E-state index contributed by atoms with van der Waals surface area (Å²) in [5.74, 6) is 0.483. The quantitative estimate of drug-likeness (QED) is 0.824. The molecule has 0 aliphatic carbocycles. The van der Waals surface area contributed by atoms with E-state index in [9.17, 15) is 4.39 Å². The molecule has 0 radical (unpaired) electrons. The summed E-state index contributed by atoms with van der Waals surface area (Å²) in [5.41, 5.74) is 1.85. The third-order valence-electron chi connectivity index (χ3n) is 2.67. The van der Waals surface area contributed by atoms with E-state index in [2.05, 4.69) is 21.2 Å². The molecule has 2 rings (SSSR count). The third kappa shape index (κ3) is 4.24. The maximum Gasteiger partial charge on any atom is 0.123 e. The lowest BCUT2D eigenvalue weighted by Crippen LogP contribution is -2.11. The van der Waals surface area contributed by atoms with Gasteiger partial charge in [-0.15, -0.1) is 0 Å². The molecule has 100 valence electrons. The van der Waals surface area contributed by atoms with Gasteiger partial charge in [0.05, 0.1) is 0 Å². The van der Waals surface area contributed by atoms with Gasteiger partial charge in [-0.2, -0.15) is 0 Å². The molecule has 0 bridgehead atoms. The van der Waals surface area contributed by atoms with Crippen molar-refractivity contribution in [3.63, 3.8) is 0 Å². The number of halogens is 2. The van der Waals surface area contributed by atoms with Crippen LogP contribution < -0.4 is 10.1 Å². The Bertz CT molecular complexity index is 542. The van der Waals surface area contributed by atoms with Gasteiger partial charge < -0.3 is 10.1 Å². The molecule has 1 N–H and O–H groups in total. The summed E-state index contributed by atoms with van der Waals surface area (Å²) in [7, 11) is 0. The van der Waals surface area contributed by atoms with E-state index in [4.69, 9.17) is 4.74 Å². The monoisotopic (exact) mass is 323 g/mol. The average Bonchev–Trinajstić information content (AvgIpc) is 2.39. The van der Waals surface area contributed by atoms with Crippen molar-refractivity contribution >= 4 is 21.6 Å². The highest BCUT2D eigenvalue weighted by Gasteiger charge is 2.00. The molecule has 0 heterocycles. The highest BCUT2D eigenvalue weighted by atomic mass is 79.9. The van der Waals surface area contributed by atoms with Crippen molar-refractivity contribution in [1.82, 2.24) is 0 Å². The Morgan fingerprint density at radius 3 is 2.58 bits per heavy atom. The number of hydrogen-bond acceptors (Lipinski definition) is 2. The molecule has 0 atom stereocenters. The first-order valence-electron chi connectivity index (χ1n) is 6.03. The first kappa shape index (κ1) is 13.9. The van der Waals surface area contributed by atoms with Gasteiger partial charge in [0.2, 0.25) is 0 Å². The van der Waals surface area contributed by atoms with Crippen LogP contribution in [0.3, 0.4) is 0 Å². The molecule has 0 saturated heterocycles. The number of aryl methyl sites for hydroxylation is 1. The molecule has 0 spiro atoms. The summed E-state index contributed by atoms with van der Waals surface area (Å²) in [5, 5.41) is 3.25. The Labute approximate surface area is 120 Å². The summed E-state index contributed by atoms with van der Waals surface area (Å²) in [6, 6.07) is 12.5. The smallest absolute Gasteiger partial charge is 0.123 e. The molecule has 2 aromatic carbocycles. The standard InChI is InChI=1S/C15H15BrFNO/c1-11-10-13(17)4-7-15(11)19-9-8-18-14-5-2-12(16)3-6-14/h2-7,10,18H,8-9H2,1H3. The molecule has 0 saturated carbocycles. The van der Waals surface area contributed by atoms with Crippen molar-refractivity contribution in [3.8, 4) is 5.75 Å². The van der Waals surface area contributed by atoms with E-state index in [-0.39, 0.29) is 5.82 Å². The zero-order valence-electron chi connectivity index (χ0n) is 10.6. The zero-order chi connectivity index (χ0) is 13.7. The van der Waals surface area contributed by atoms with Crippen molar-refractivity contribution in [2.24, 2.45) is 0 Å². The summed E-state index contributed by atoms with van der Waals surface area (Å²) in [4.78, 5) is 0. The van der Waals surface area contributed by atoms with Crippen molar-refractivity contribution in [1.29, 1.82) is 0 Å². The second-order valence-corrected chi connectivity index (χ2v) is 5.11. The van der Waals surface area contributed by atoms with Crippen molar-refractivity contribution in [2.45, 2.75) is 6.92 Å². The van der Waals surface area contributed by atoms with Gasteiger partial charge in [-0.1, -0.05) is 15.9 Å². The lowest BCUT2D eigenvalue weighted by atomic mass is 10.2. The highest BCUT2D eigenvalue weighted by Crippen LogP contribution is 2.18. The zero-order valence-corrected chi connectivity index (χ0v) is 12.2. The van der Waals surface area contributed by atoms with Crippen LogP contribution in [0.15, 0.2) is 46.9 Å². The van der Waals surface area contributed by atoms with Crippen LogP contribution in [0.25, 0.3) is 0 Å². The number of ether oxygens (including phenoxy) is 1. The van der Waals surface area contributed by atoms with Crippen molar-refractivity contribution in [3.05, 3.63) is 58.3 Å². The van der Waals surface area contributed by atoms with Crippen LogP contribution in [-0.2, 0) is 0 Å². The van der Waals surface area contributed by atoms with Gasteiger partial charge in [0, 0.05) is 16.7 Å². The summed E-state index contributed by atoms with van der Waals surface area (Å²) < 4.78 is 19.6. The Morgan fingerprint density at radius 1 is 1.16 bits per heavy atom. The molecular weight excluding hydrogens is 309 g/mol. The molecule has 19 heavy (non-hydrogen) atoms. The van der Waals surface area contributed by atoms with Crippen LogP contribution in [0.1, 0.15) is 5.56 Å². The average molecular weight is 324 g/mol. The fourth-order valence-corrected chi connectivity index (χ4v) is 1.96. The molecule has 2 aromatic rings. The molecule has 0 aliphatic heterocycles. The van der Waals surface area contributed by atoms with Crippen LogP contribution in [0, 0.1) is 12.7 Å². The minimum Gasteiger partial charge on any atom is -0.491 e. The number of hydrogen-bond donors (Lipinski definition) is 1. The molecule has 0 amide bonds. The second-order valence-electron chi connectivity index (χ2n) is 4.19. The van der Waals surface area contributed by atoms with Crippen LogP contribution in [-0.4, -0.2) is 13.2 Å². The van der Waals surface area contributed by atoms with Gasteiger partial charge in [0.25, 0.3) is 0 Å². The Balaban J connectivity index is 1.79. The lowest BCUT2D eigenvalue weighted by molar-refractivity contribution is 0.330. The van der Waals surface area contributed by atoms with E-state index in [0.717, 1.165) is 21.5 Å². The summed E-state index contributed by atoms with van der Waals surface area (Å²) in [6.45, 7) is 3.06. The van der Waals surface area contributed by atoms with Crippen molar-refractivity contribution < 1.29 is 9.13 Å². The molecule has 0 aliphatic rings. The molecule has 2 nitrogen and oxygen atoms in total. The normalized spacial score (nSPS) is 10.3.